The first-order valence-electron chi connectivity index (χ1n) is 6.10. The van der Waals surface area contributed by atoms with E-state index >= 15 is 0 Å². The van der Waals surface area contributed by atoms with Gasteiger partial charge in [0.25, 0.3) is 0 Å². The molecule has 2 rings (SSSR count). The maximum atomic E-state index is 11.9. The van der Waals surface area contributed by atoms with Crippen molar-refractivity contribution >= 4 is 17.2 Å². The smallest absolute Gasteiger partial charge is 0.222 e. The SMILES string of the molecule is CN(Cc1cscn1)C(=O)CCC1CCCN1. The van der Waals surface area contributed by atoms with E-state index in [1.807, 2.05) is 12.4 Å². The minimum Gasteiger partial charge on any atom is -0.340 e. The number of rotatable bonds is 5. The topological polar surface area (TPSA) is 45.2 Å². The van der Waals surface area contributed by atoms with Gasteiger partial charge in [-0.1, -0.05) is 0 Å². The largest absolute Gasteiger partial charge is 0.340 e. The van der Waals surface area contributed by atoms with Crippen molar-refractivity contribution in [3.8, 4) is 0 Å². The molecule has 4 nitrogen and oxygen atoms in total. The van der Waals surface area contributed by atoms with Crippen molar-refractivity contribution in [1.82, 2.24) is 15.2 Å². The van der Waals surface area contributed by atoms with Crippen LogP contribution in [0.15, 0.2) is 10.9 Å². The van der Waals surface area contributed by atoms with E-state index in [4.69, 9.17) is 0 Å². The van der Waals surface area contributed by atoms with Gasteiger partial charge in [-0.25, -0.2) is 4.98 Å². The summed E-state index contributed by atoms with van der Waals surface area (Å²) in [4.78, 5) is 17.9. The fraction of sp³-hybridized carbons (Fsp3) is 0.667. The van der Waals surface area contributed by atoms with E-state index in [0.29, 0.717) is 19.0 Å². The summed E-state index contributed by atoms with van der Waals surface area (Å²) in [6, 6.07) is 0.548. The van der Waals surface area contributed by atoms with Crippen LogP contribution in [0.3, 0.4) is 0 Å². The van der Waals surface area contributed by atoms with Crippen molar-refractivity contribution in [2.24, 2.45) is 0 Å². The first-order chi connectivity index (χ1) is 8.25. The van der Waals surface area contributed by atoms with Gasteiger partial charge in [-0.3, -0.25) is 4.79 Å². The minimum atomic E-state index is 0.215. The molecule has 1 aliphatic rings. The summed E-state index contributed by atoms with van der Waals surface area (Å²) < 4.78 is 0. The molecule has 1 amide bonds. The highest BCUT2D eigenvalue weighted by Gasteiger charge is 2.17. The lowest BCUT2D eigenvalue weighted by Crippen LogP contribution is -2.29. The summed E-state index contributed by atoms with van der Waals surface area (Å²) in [7, 11) is 1.85. The third kappa shape index (κ3) is 3.78. The van der Waals surface area contributed by atoms with Crippen LogP contribution in [0.2, 0.25) is 0 Å². The molecule has 1 fully saturated rings. The molecule has 0 aromatic carbocycles. The number of hydrogen-bond acceptors (Lipinski definition) is 4. The van der Waals surface area contributed by atoms with E-state index < -0.39 is 0 Å². The van der Waals surface area contributed by atoms with Crippen LogP contribution in [0.4, 0.5) is 0 Å². The standard InChI is InChI=1S/C12H19N3OS/c1-15(7-11-8-17-9-14-11)12(16)5-4-10-3-2-6-13-10/h8-10,13H,2-7H2,1H3. The van der Waals surface area contributed by atoms with Gasteiger partial charge in [-0.05, 0) is 25.8 Å². The van der Waals surface area contributed by atoms with Crippen molar-refractivity contribution in [2.75, 3.05) is 13.6 Å². The number of thiazole rings is 1. The normalized spacial score (nSPS) is 19.5. The first-order valence-corrected chi connectivity index (χ1v) is 7.04. The molecule has 1 aromatic heterocycles. The molecule has 1 aliphatic heterocycles. The Morgan fingerprint density at radius 2 is 2.59 bits per heavy atom. The average Bonchev–Trinajstić information content (AvgIpc) is 2.98. The summed E-state index contributed by atoms with van der Waals surface area (Å²) >= 11 is 1.57. The number of carbonyl (C=O) groups excluding carboxylic acids is 1. The summed E-state index contributed by atoms with van der Waals surface area (Å²) in [5.41, 5.74) is 2.78. The van der Waals surface area contributed by atoms with Crippen LogP contribution in [0, 0.1) is 0 Å². The Kier molecular flexibility index (Phi) is 4.50. The van der Waals surface area contributed by atoms with Crippen molar-refractivity contribution in [2.45, 2.75) is 38.3 Å². The zero-order valence-corrected chi connectivity index (χ0v) is 11.0. The van der Waals surface area contributed by atoms with Gasteiger partial charge in [0.15, 0.2) is 0 Å². The molecule has 0 radical (unpaired) electrons. The Morgan fingerprint density at radius 3 is 3.24 bits per heavy atom. The van der Waals surface area contributed by atoms with Crippen LogP contribution >= 0.6 is 11.3 Å². The third-order valence-electron chi connectivity index (χ3n) is 3.18. The number of hydrogen-bond donors (Lipinski definition) is 1. The van der Waals surface area contributed by atoms with Gasteiger partial charge in [-0.2, -0.15) is 0 Å². The van der Waals surface area contributed by atoms with E-state index in [9.17, 15) is 4.79 Å². The predicted octanol–water partition coefficient (Wildman–Crippen LogP) is 1.63. The molecule has 0 bridgehead atoms. The zero-order chi connectivity index (χ0) is 12.1. The van der Waals surface area contributed by atoms with E-state index in [1.165, 1.54) is 12.8 Å². The van der Waals surface area contributed by atoms with Crippen molar-refractivity contribution < 1.29 is 4.79 Å². The number of nitrogens with one attached hydrogen (secondary N) is 1. The van der Waals surface area contributed by atoms with Crippen LogP contribution in [-0.2, 0) is 11.3 Å². The first kappa shape index (κ1) is 12.5. The van der Waals surface area contributed by atoms with Crippen LogP contribution in [-0.4, -0.2) is 35.4 Å². The highest BCUT2D eigenvalue weighted by Crippen LogP contribution is 2.12. The van der Waals surface area contributed by atoms with Gasteiger partial charge in [-0.15, -0.1) is 11.3 Å². The molecule has 1 unspecified atom stereocenters. The van der Waals surface area contributed by atoms with Crippen molar-refractivity contribution in [3.05, 3.63) is 16.6 Å². The Hall–Kier alpha value is -0.940. The second kappa shape index (κ2) is 6.12. The second-order valence-corrected chi connectivity index (χ2v) is 5.28. The third-order valence-corrected chi connectivity index (χ3v) is 3.81. The van der Waals surface area contributed by atoms with E-state index in [0.717, 1.165) is 18.7 Å². The van der Waals surface area contributed by atoms with Crippen molar-refractivity contribution in [1.29, 1.82) is 0 Å². The molecular weight excluding hydrogens is 234 g/mol. The number of nitrogens with zero attached hydrogens (tertiary/aromatic N) is 2. The minimum absolute atomic E-state index is 0.215. The molecule has 94 valence electrons. The molecule has 0 spiro atoms. The number of carbonyl (C=O) groups is 1. The lowest BCUT2D eigenvalue weighted by Gasteiger charge is -2.17. The highest BCUT2D eigenvalue weighted by atomic mass is 32.1. The molecule has 17 heavy (non-hydrogen) atoms. The zero-order valence-electron chi connectivity index (χ0n) is 10.2. The fourth-order valence-electron chi connectivity index (χ4n) is 2.14. The van der Waals surface area contributed by atoms with Crippen LogP contribution in [0.25, 0.3) is 0 Å². The summed E-state index contributed by atoms with van der Waals surface area (Å²) in [5.74, 6) is 0.215. The van der Waals surface area contributed by atoms with E-state index in [-0.39, 0.29) is 5.91 Å². The second-order valence-electron chi connectivity index (χ2n) is 4.56. The Morgan fingerprint density at radius 1 is 1.71 bits per heavy atom. The molecule has 1 saturated heterocycles. The summed E-state index contributed by atoms with van der Waals surface area (Å²) in [6.45, 7) is 1.73. The maximum absolute atomic E-state index is 11.9. The lowest BCUT2D eigenvalue weighted by molar-refractivity contribution is -0.130. The number of amides is 1. The average molecular weight is 253 g/mol. The summed E-state index contributed by atoms with van der Waals surface area (Å²) in [6.07, 6.45) is 4.05. The molecule has 1 N–H and O–H groups in total. The number of aromatic nitrogens is 1. The Bertz CT molecular complexity index is 347. The predicted molar refractivity (Wildman–Crippen MR) is 68.8 cm³/mol. The molecule has 5 heteroatoms. The van der Waals surface area contributed by atoms with Gasteiger partial charge in [0.05, 0.1) is 17.7 Å². The molecular formula is C12H19N3OS. The Balaban J connectivity index is 1.71. The molecule has 1 aromatic rings. The fourth-order valence-corrected chi connectivity index (χ4v) is 2.69. The lowest BCUT2D eigenvalue weighted by atomic mass is 10.1. The van der Waals surface area contributed by atoms with Gasteiger partial charge in [0.2, 0.25) is 5.91 Å². The van der Waals surface area contributed by atoms with Gasteiger partial charge in [0, 0.05) is 24.9 Å². The molecule has 1 atom stereocenters. The van der Waals surface area contributed by atoms with Crippen molar-refractivity contribution in [3.63, 3.8) is 0 Å². The highest BCUT2D eigenvalue weighted by molar-refractivity contribution is 7.07. The summed E-state index contributed by atoms with van der Waals surface area (Å²) in [5, 5.41) is 5.40. The Labute approximate surface area is 106 Å². The maximum Gasteiger partial charge on any atom is 0.222 e. The van der Waals surface area contributed by atoms with E-state index in [2.05, 4.69) is 10.3 Å². The quantitative estimate of drug-likeness (QED) is 0.867. The van der Waals surface area contributed by atoms with Gasteiger partial charge >= 0.3 is 0 Å². The van der Waals surface area contributed by atoms with Crippen LogP contribution < -0.4 is 5.32 Å². The molecule has 2 heterocycles. The monoisotopic (exact) mass is 253 g/mol. The van der Waals surface area contributed by atoms with E-state index in [1.54, 1.807) is 21.7 Å². The van der Waals surface area contributed by atoms with Gasteiger partial charge < -0.3 is 10.2 Å². The van der Waals surface area contributed by atoms with Crippen LogP contribution in [0.1, 0.15) is 31.4 Å². The molecule has 0 aliphatic carbocycles. The molecule has 0 saturated carbocycles. The van der Waals surface area contributed by atoms with Gasteiger partial charge in [0.1, 0.15) is 0 Å². The van der Waals surface area contributed by atoms with Crippen LogP contribution in [0.5, 0.6) is 0 Å².